The van der Waals surface area contributed by atoms with E-state index in [-0.39, 0.29) is 17.7 Å². The van der Waals surface area contributed by atoms with Crippen molar-refractivity contribution in [2.24, 2.45) is 11.8 Å². The molecule has 1 saturated heterocycles. The van der Waals surface area contributed by atoms with Crippen LogP contribution >= 0.6 is 0 Å². The fourth-order valence-corrected chi connectivity index (χ4v) is 4.75. The Morgan fingerprint density at radius 2 is 1.69 bits per heavy atom. The van der Waals surface area contributed by atoms with Crippen molar-refractivity contribution in [3.63, 3.8) is 0 Å². The monoisotopic (exact) mass is 388 g/mol. The van der Waals surface area contributed by atoms with Gasteiger partial charge in [-0.25, -0.2) is 0 Å². The molecule has 1 aliphatic carbocycles. The summed E-state index contributed by atoms with van der Waals surface area (Å²) in [6, 6.07) is 20.2. The number of aryl methyl sites for hydroxylation is 1. The normalized spacial score (nSPS) is 24.9. The molecular weight excluding hydrogens is 360 g/mol. The third kappa shape index (κ3) is 4.05. The molecule has 0 N–H and O–H groups in total. The third-order valence-corrected chi connectivity index (χ3v) is 6.32. The lowest BCUT2D eigenvalue weighted by Crippen LogP contribution is -2.38. The lowest BCUT2D eigenvalue weighted by molar-refractivity contribution is -0.153. The first-order valence-corrected chi connectivity index (χ1v) is 10.6. The predicted molar refractivity (Wildman–Crippen MR) is 113 cm³/mol. The highest BCUT2D eigenvalue weighted by atomic mass is 16.6. The Labute approximate surface area is 172 Å². The highest BCUT2D eigenvalue weighted by Gasteiger charge is 2.58. The standard InChI is InChI=1S/C26H28O3/c1-2-17-26(18-9-12-19-10-5-3-6-11-19)24(27)23(25(28)29-26)22(21-15-16-21)20-13-7-4-8-14-20/h2-8,10-11,13-14,21-23H,1,9,12,15-18H2. The minimum absolute atomic E-state index is 0.0452. The molecule has 3 nitrogen and oxygen atoms in total. The molecule has 0 bridgehead atoms. The molecule has 0 spiro atoms. The zero-order chi connectivity index (χ0) is 20.3. The second-order valence-electron chi connectivity index (χ2n) is 8.36. The van der Waals surface area contributed by atoms with E-state index in [1.165, 1.54) is 5.56 Å². The number of carbonyl (C=O) groups excluding carboxylic acids is 2. The van der Waals surface area contributed by atoms with Crippen LogP contribution in [0.3, 0.4) is 0 Å². The van der Waals surface area contributed by atoms with Crippen molar-refractivity contribution in [2.45, 2.75) is 50.0 Å². The van der Waals surface area contributed by atoms with Crippen molar-refractivity contribution in [1.29, 1.82) is 0 Å². The Morgan fingerprint density at radius 3 is 2.31 bits per heavy atom. The minimum Gasteiger partial charge on any atom is -0.450 e. The predicted octanol–water partition coefficient (Wildman–Crippen LogP) is 5.26. The van der Waals surface area contributed by atoms with Gasteiger partial charge in [-0.3, -0.25) is 9.59 Å². The molecule has 1 aliphatic heterocycles. The van der Waals surface area contributed by atoms with Gasteiger partial charge in [-0.15, -0.1) is 6.58 Å². The Morgan fingerprint density at radius 1 is 1.03 bits per heavy atom. The maximum absolute atomic E-state index is 13.6. The number of Topliss-reactive ketones (excluding diaryl/α,β-unsaturated/α-hetero) is 1. The number of hydrogen-bond donors (Lipinski definition) is 0. The SMILES string of the molecule is C=CCC1(CCCc2ccccc2)OC(=O)C(C(c2ccccc2)C2CC2)C1=O. The van der Waals surface area contributed by atoms with Gasteiger partial charge in [0.15, 0.2) is 11.4 Å². The van der Waals surface area contributed by atoms with Crippen LogP contribution in [0.25, 0.3) is 0 Å². The Kier molecular flexibility index (Phi) is 5.66. The van der Waals surface area contributed by atoms with Crippen LogP contribution < -0.4 is 0 Å². The number of esters is 1. The summed E-state index contributed by atoms with van der Waals surface area (Å²) in [6.45, 7) is 3.83. The van der Waals surface area contributed by atoms with Crippen LogP contribution in [-0.2, 0) is 20.7 Å². The molecule has 4 rings (SSSR count). The zero-order valence-corrected chi connectivity index (χ0v) is 16.8. The van der Waals surface area contributed by atoms with E-state index in [0.717, 1.165) is 31.2 Å². The highest BCUT2D eigenvalue weighted by molar-refractivity contribution is 6.10. The lowest BCUT2D eigenvalue weighted by atomic mass is 9.75. The fraction of sp³-hybridized carbons (Fsp3) is 0.385. The molecular formula is C26H28O3. The van der Waals surface area contributed by atoms with Crippen LogP contribution in [0.15, 0.2) is 73.3 Å². The minimum atomic E-state index is -1.06. The number of rotatable bonds is 9. The van der Waals surface area contributed by atoms with Crippen LogP contribution in [0.2, 0.25) is 0 Å². The molecule has 2 fully saturated rings. The molecule has 3 heteroatoms. The van der Waals surface area contributed by atoms with Crippen LogP contribution in [0.4, 0.5) is 0 Å². The average molecular weight is 389 g/mol. The van der Waals surface area contributed by atoms with Crippen molar-refractivity contribution >= 4 is 11.8 Å². The van der Waals surface area contributed by atoms with Gasteiger partial charge in [-0.05, 0) is 49.1 Å². The van der Waals surface area contributed by atoms with Crippen molar-refractivity contribution in [3.05, 3.63) is 84.4 Å². The molecule has 2 aromatic rings. The molecule has 0 aromatic heterocycles. The van der Waals surface area contributed by atoms with Crippen molar-refractivity contribution in [3.8, 4) is 0 Å². The molecule has 1 saturated carbocycles. The van der Waals surface area contributed by atoms with Gasteiger partial charge in [0.2, 0.25) is 0 Å². The van der Waals surface area contributed by atoms with Crippen LogP contribution in [0.1, 0.15) is 49.1 Å². The zero-order valence-electron chi connectivity index (χ0n) is 16.8. The van der Waals surface area contributed by atoms with E-state index in [4.69, 9.17) is 4.74 Å². The molecule has 150 valence electrons. The molecule has 3 unspecified atom stereocenters. The smallest absolute Gasteiger partial charge is 0.318 e. The van der Waals surface area contributed by atoms with Crippen molar-refractivity contribution in [1.82, 2.24) is 0 Å². The van der Waals surface area contributed by atoms with E-state index < -0.39 is 11.5 Å². The summed E-state index contributed by atoms with van der Waals surface area (Å²) in [7, 11) is 0. The molecule has 2 aromatic carbocycles. The van der Waals surface area contributed by atoms with Gasteiger partial charge in [-0.1, -0.05) is 66.7 Å². The number of cyclic esters (lactones) is 1. The summed E-state index contributed by atoms with van der Waals surface area (Å²) >= 11 is 0. The van der Waals surface area contributed by atoms with Crippen LogP contribution in [-0.4, -0.2) is 17.4 Å². The third-order valence-electron chi connectivity index (χ3n) is 6.32. The summed E-state index contributed by atoms with van der Waals surface area (Å²) in [4.78, 5) is 26.6. The van der Waals surface area contributed by atoms with Crippen molar-refractivity contribution in [2.75, 3.05) is 0 Å². The van der Waals surface area contributed by atoms with Crippen molar-refractivity contribution < 1.29 is 14.3 Å². The maximum atomic E-state index is 13.6. The van der Waals surface area contributed by atoms with E-state index in [0.29, 0.717) is 18.8 Å². The van der Waals surface area contributed by atoms with E-state index in [1.807, 2.05) is 48.5 Å². The Bertz CT molecular complexity index is 869. The molecule has 3 atom stereocenters. The van der Waals surface area contributed by atoms with Gasteiger partial charge < -0.3 is 4.74 Å². The molecule has 29 heavy (non-hydrogen) atoms. The molecule has 0 radical (unpaired) electrons. The quantitative estimate of drug-likeness (QED) is 0.334. The number of hydrogen-bond acceptors (Lipinski definition) is 3. The van der Waals surface area contributed by atoms with Gasteiger partial charge in [0.25, 0.3) is 0 Å². The first kappa shape index (κ1) is 19.6. The molecule has 0 amide bonds. The maximum Gasteiger partial charge on any atom is 0.318 e. The second kappa shape index (κ2) is 8.36. The summed E-state index contributed by atoms with van der Waals surface area (Å²) in [6.07, 6.45) is 6.43. The number of ether oxygens (including phenoxy) is 1. The highest BCUT2D eigenvalue weighted by Crippen LogP contribution is 2.51. The summed E-state index contributed by atoms with van der Waals surface area (Å²) < 4.78 is 5.87. The van der Waals surface area contributed by atoms with Gasteiger partial charge in [0, 0.05) is 12.3 Å². The fourth-order valence-electron chi connectivity index (χ4n) is 4.75. The number of carbonyl (C=O) groups is 2. The lowest BCUT2D eigenvalue weighted by Gasteiger charge is -2.26. The number of benzene rings is 2. The van der Waals surface area contributed by atoms with Crippen LogP contribution in [0, 0.1) is 11.8 Å². The summed E-state index contributed by atoms with van der Waals surface area (Å²) in [5.41, 5.74) is 1.25. The summed E-state index contributed by atoms with van der Waals surface area (Å²) in [5.74, 6) is -0.769. The average Bonchev–Trinajstić information content (AvgIpc) is 3.54. The molecule has 2 aliphatic rings. The van der Waals surface area contributed by atoms with Gasteiger partial charge >= 0.3 is 5.97 Å². The van der Waals surface area contributed by atoms with E-state index >= 15 is 0 Å². The van der Waals surface area contributed by atoms with Gasteiger partial charge in [-0.2, -0.15) is 0 Å². The Balaban J connectivity index is 1.55. The number of ketones is 1. The second-order valence-corrected chi connectivity index (χ2v) is 8.36. The first-order valence-electron chi connectivity index (χ1n) is 10.6. The van der Waals surface area contributed by atoms with Gasteiger partial charge in [0.1, 0.15) is 5.92 Å². The van der Waals surface area contributed by atoms with E-state index in [2.05, 4.69) is 18.7 Å². The summed E-state index contributed by atoms with van der Waals surface area (Å²) in [5, 5.41) is 0. The molecule has 1 heterocycles. The topological polar surface area (TPSA) is 43.4 Å². The Hall–Kier alpha value is -2.68. The van der Waals surface area contributed by atoms with E-state index in [1.54, 1.807) is 6.08 Å². The first-order chi connectivity index (χ1) is 14.1. The van der Waals surface area contributed by atoms with E-state index in [9.17, 15) is 9.59 Å². The van der Waals surface area contributed by atoms with Gasteiger partial charge in [0.05, 0.1) is 0 Å². The van der Waals surface area contributed by atoms with Crippen LogP contribution in [0.5, 0.6) is 0 Å². The largest absolute Gasteiger partial charge is 0.450 e.